The molecule has 2 aromatic rings. The predicted octanol–water partition coefficient (Wildman–Crippen LogP) is 3.79. The van der Waals surface area contributed by atoms with E-state index in [2.05, 4.69) is 64.8 Å². The lowest BCUT2D eigenvalue weighted by atomic mass is 10.2. The molecule has 21 heavy (non-hydrogen) atoms. The van der Waals surface area contributed by atoms with E-state index in [0.717, 1.165) is 24.0 Å². The molecule has 0 unspecified atom stereocenters. The molecule has 0 spiro atoms. The lowest BCUT2D eigenvalue weighted by Crippen LogP contribution is -2.14. The molecule has 110 valence electrons. The Morgan fingerprint density at radius 2 is 1.90 bits per heavy atom. The van der Waals surface area contributed by atoms with Crippen molar-refractivity contribution in [3.8, 4) is 0 Å². The van der Waals surface area contributed by atoms with Gasteiger partial charge in [0.05, 0.1) is 5.69 Å². The van der Waals surface area contributed by atoms with Gasteiger partial charge in [0, 0.05) is 24.6 Å². The van der Waals surface area contributed by atoms with Gasteiger partial charge in [-0.25, -0.2) is 4.98 Å². The second-order valence-corrected chi connectivity index (χ2v) is 5.91. The second kappa shape index (κ2) is 6.12. The number of hydrogen-bond acceptors (Lipinski definition) is 4. The maximum atomic E-state index is 4.63. The molecule has 0 amide bonds. The first-order valence-corrected chi connectivity index (χ1v) is 7.64. The minimum atomic E-state index is 0.335. The Morgan fingerprint density at radius 1 is 1.14 bits per heavy atom. The van der Waals surface area contributed by atoms with Gasteiger partial charge in [0.25, 0.3) is 0 Å². The molecule has 4 heteroatoms. The Hall–Kier alpha value is -2.10. The monoisotopic (exact) mass is 282 g/mol. The van der Waals surface area contributed by atoms with Gasteiger partial charge in [0.2, 0.25) is 5.95 Å². The molecule has 1 aromatic carbocycles. The fraction of sp³-hybridized carbons (Fsp3) is 0.412. The van der Waals surface area contributed by atoms with Crippen molar-refractivity contribution in [3.05, 3.63) is 47.7 Å². The number of aromatic nitrogens is 2. The number of nitrogens with zero attached hydrogens (tertiary/aromatic N) is 2. The van der Waals surface area contributed by atoms with Crippen LogP contribution >= 0.6 is 0 Å². The van der Waals surface area contributed by atoms with Crippen molar-refractivity contribution in [1.82, 2.24) is 9.97 Å². The smallest absolute Gasteiger partial charge is 0.225 e. The third-order valence-electron chi connectivity index (χ3n) is 3.48. The molecule has 0 aliphatic heterocycles. The fourth-order valence-electron chi connectivity index (χ4n) is 2.26. The largest absolute Gasteiger partial charge is 0.366 e. The van der Waals surface area contributed by atoms with Crippen LogP contribution in [0.15, 0.2) is 36.4 Å². The molecule has 4 nitrogen and oxygen atoms in total. The standard InChI is InChI=1S/C17H22N4/c1-12(2)19-17-20-15(14-8-9-14)10-16(21-17)18-11-13-6-4-3-5-7-13/h3-7,10,12,14H,8-9,11H2,1-2H3,(H2,18,19,20,21). The summed E-state index contributed by atoms with van der Waals surface area (Å²) in [5.74, 6) is 2.25. The van der Waals surface area contributed by atoms with Gasteiger partial charge in [-0.05, 0) is 32.3 Å². The zero-order chi connectivity index (χ0) is 14.7. The van der Waals surface area contributed by atoms with Crippen molar-refractivity contribution < 1.29 is 0 Å². The zero-order valence-corrected chi connectivity index (χ0v) is 12.6. The van der Waals surface area contributed by atoms with Gasteiger partial charge < -0.3 is 10.6 Å². The molecule has 1 aliphatic rings. The molecule has 0 saturated heterocycles. The van der Waals surface area contributed by atoms with Crippen LogP contribution in [0.1, 0.15) is 43.9 Å². The maximum Gasteiger partial charge on any atom is 0.225 e. The van der Waals surface area contributed by atoms with E-state index in [1.165, 1.54) is 18.4 Å². The number of anilines is 2. The van der Waals surface area contributed by atoms with Gasteiger partial charge >= 0.3 is 0 Å². The minimum Gasteiger partial charge on any atom is -0.366 e. The van der Waals surface area contributed by atoms with Crippen LogP contribution in [0.5, 0.6) is 0 Å². The van der Waals surface area contributed by atoms with Gasteiger partial charge in [0.1, 0.15) is 5.82 Å². The minimum absolute atomic E-state index is 0.335. The van der Waals surface area contributed by atoms with E-state index >= 15 is 0 Å². The van der Waals surface area contributed by atoms with Gasteiger partial charge in [-0.15, -0.1) is 0 Å². The Kier molecular flexibility index (Phi) is 4.04. The van der Waals surface area contributed by atoms with E-state index in [0.29, 0.717) is 12.0 Å². The van der Waals surface area contributed by atoms with Crippen LogP contribution in [-0.4, -0.2) is 16.0 Å². The highest BCUT2D eigenvalue weighted by molar-refractivity contribution is 5.44. The van der Waals surface area contributed by atoms with Crippen LogP contribution in [0.25, 0.3) is 0 Å². The van der Waals surface area contributed by atoms with Crippen molar-refractivity contribution in [2.75, 3.05) is 10.6 Å². The van der Waals surface area contributed by atoms with E-state index in [9.17, 15) is 0 Å². The highest BCUT2D eigenvalue weighted by Crippen LogP contribution is 2.39. The average Bonchev–Trinajstić information content (AvgIpc) is 3.30. The maximum absolute atomic E-state index is 4.63. The highest BCUT2D eigenvalue weighted by atomic mass is 15.2. The summed E-state index contributed by atoms with van der Waals surface area (Å²) in [6.07, 6.45) is 2.49. The summed E-state index contributed by atoms with van der Waals surface area (Å²) in [4.78, 5) is 9.19. The van der Waals surface area contributed by atoms with E-state index in [1.54, 1.807) is 0 Å². The number of nitrogens with one attached hydrogen (secondary N) is 2. The van der Waals surface area contributed by atoms with Crippen molar-refractivity contribution in [2.24, 2.45) is 0 Å². The van der Waals surface area contributed by atoms with Crippen LogP contribution in [0.2, 0.25) is 0 Å². The quantitative estimate of drug-likeness (QED) is 0.846. The molecule has 3 rings (SSSR count). The summed E-state index contributed by atoms with van der Waals surface area (Å²) in [6, 6.07) is 12.8. The Balaban J connectivity index is 1.75. The topological polar surface area (TPSA) is 49.8 Å². The lowest BCUT2D eigenvalue weighted by Gasteiger charge is -2.12. The fourth-order valence-corrected chi connectivity index (χ4v) is 2.26. The third-order valence-corrected chi connectivity index (χ3v) is 3.48. The molecule has 1 fully saturated rings. The van der Waals surface area contributed by atoms with Crippen molar-refractivity contribution in [2.45, 2.75) is 45.2 Å². The van der Waals surface area contributed by atoms with Gasteiger partial charge in [0.15, 0.2) is 0 Å². The number of rotatable bonds is 6. The van der Waals surface area contributed by atoms with E-state index < -0.39 is 0 Å². The molecule has 0 radical (unpaired) electrons. The van der Waals surface area contributed by atoms with Gasteiger partial charge in [-0.3, -0.25) is 0 Å². The average molecular weight is 282 g/mol. The summed E-state index contributed by atoms with van der Waals surface area (Å²) in [6.45, 7) is 4.98. The van der Waals surface area contributed by atoms with Crippen molar-refractivity contribution >= 4 is 11.8 Å². The van der Waals surface area contributed by atoms with Crippen LogP contribution in [0.4, 0.5) is 11.8 Å². The van der Waals surface area contributed by atoms with E-state index in [4.69, 9.17) is 0 Å². The van der Waals surface area contributed by atoms with E-state index in [-0.39, 0.29) is 0 Å². The Bertz CT molecular complexity index is 591. The summed E-state index contributed by atoms with van der Waals surface area (Å²) in [7, 11) is 0. The molecule has 1 aliphatic carbocycles. The Morgan fingerprint density at radius 3 is 2.57 bits per heavy atom. The molecule has 1 saturated carbocycles. The first-order valence-electron chi connectivity index (χ1n) is 7.64. The van der Waals surface area contributed by atoms with Crippen LogP contribution in [0, 0.1) is 0 Å². The first-order chi connectivity index (χ1) is 10.2. The molecular formula is C17H22N4. The SMILES string of the molecule is CC(C)Nc1nc(NCc2ccccc2)cc(C2CC2)n1. The summed E-state index contributed by atoms with van der Waals surface area (Å²) in [5, 5.41) is 6.71. The summed E-state index contributed by atoms with van der Waals surface area (Å²) >= 11 is 0. The molecule has 0 bridgehead atoms. The Labute approximate surface area is 126 Å². The van der Waals surface area contributed by atoms with Crippen LogP contribution in [-0.2, 0) is 6.54 Å². The van der Waals surface area contributed by atoms with Gasteiger partial charge in [-0.1, -0.05) is 30.3 Å². The number of hydrogen-bond donors (Lipinski definition) is 2. The molecule has 0 atom stereocenters. The highest BCUT2D eigenvalue weighted by Gasteiger charge is 2.26. The van der Waals surface area contributed by atoms with Crippen molar-refractivity contribution in [1.29, 1.82) is 0 Å². The van der Waals surface area contributed by atoms with Crippen LogP contribution < -0.4 is 10.6 Å². The predicted molar refractivity (Wildman–Crippen MR) is 86.5 cm³/mol. The molecule has 1 aromatic heterocycles. The zero-order valence-electron chi connectivity index (χ0n) is 12.6. The normalized spacial score (nSPS) is 14.2. The second-order valence-electron chi connectivity index (χ2n) is 5.91. The lowest BCUT2D eigenvalue weighted by molar-refractivity contribution is 0.862. The first kappa shape index (κ1) is 13.9. The third kappa shape index (κ3) is 3.94. The molecular weight excluding hydrogens is 260 g/mol. The van der Waals surface area contributed by atoms with Gasteiger partial charge in [-0.2, -0.15) is 4.98 Å². The molecule has 2 N–H and O–H groups in total. The number of benzene rings is 1. The van der Waals surface area contributed by atoms with Crippen molar-refractivity contribution in [3.63, 3.8) is 0 Å². The van der Waals surface area contributed by atoms with Crippen LogP contribution in [0.3, 0.4) is 0 Å². The summed E-state index contributed by atoms with van der Waals surface area (Å²) < 4.78 is 0. The van der Waals surface area contributed by atoms with E-state index in [1.807, 2.05) is 6.07 Å². The summed E-state index contributed by atoms with van der Waals surface area (Å²) in [5.41, 5.74) is 2.41. The molecule has 1 heterocycles.